The van der Waals surface area contributed by atoms with Crippen LogP contribution in [0.5, 0.6) is 0 Å². The monoisotopic (exact) mass is 553 g/mol. The number of amides is 1. The summed E-state index contributed by atoms with van der Waals surface area (Å²) in [6, 6.07) is 5.27. The first-order valence-electron chi connectivity index (χ1n) is 12.1. The number of alkyl halides is 6. The molecule has 0 spiro atoms. The van der Waals surface area contributed by atoms with Crippen molar-refractivity contribution in [2.24, 2.45) is 5.92 Å². The smallest absolute Gasteiger partial charge is 0.357 e. The summed E-state index contributed by atoms with van der Waals surface area (Å²) in [4.78, 5) is 29.2. The van der Waals surface area contributed by atoms with Crippen molar-refractivity contribution in [2.75, 3.05) is 17.7 Å². The minimum Gasteiger partial charge on any atom is -0.357 e. The van der Waals surface area contributed by atoms with Crippen LogP contribution in [-0.2, 0) is 23.7 Å². The van der Waals surface area contributed by atoms with Crippen molar-refractivity contribution in [3.05, 3.63) is 59.4 Å². The second-order valence-corrected chi connectivity index (χ2v) is 9.07. The van der Waals surface area contributed by atoms with Crippen LogP contribution in [0.2, 0.25) is 0 Å². The fraction of sp³-hybridized carbons (Fsp3) is 0.400. The van der Waals surface area contributed by atoms with Crippen LogP contribution < -0.4 is 16.0 Å². The minimum atomic E-state index is -4.54. The summed E-state index contributed by atoms with van der Waals surface area (Å²) in [5.74, 6) is -0.0413. The van der Waals surface area contributed by atoms with Crippen LogP contribution in [0.3, 0.4) is 0 Å². The van der Waals surface area contributed by atoms with Crippen molar-refractivity contribution < 1.29 is 31.1 Å². The minimum absolute atomic E-state index is 0.0863. The molecule has 1 aliphatic carbocycles. The van der Waals surface area contributed by atoms with E-state index >= 15 is 0 Å². The van der Waals surface area contributed by atoms with Crippen molar-refractivity contribution in [2.45, 2.75) is 50.6 Å². The summed E-state index contributed by atoms with van der Waals surface area (Å²) in [7, 11) is 1.60. The van der Waals surface area contributed by atoms with Crippen LogP contribution in [0.4, 0.5) is 38.2 Å². The number of carbonyl (C=O) groups excluding carboxylic acids is 1. The topological polar surface area (TPSA) is 105 Å². The third-order valence-electron chi connectivity index (χ3n) is 6.42. The van der Waals surface area contributed by atoms with E-state index in [2.05, 4.69) is 35.9 Å². The molecule has 1 saturated carbocycles. The SMILES string of the molecule is CNc1nc(NC2CCC(C(=O)NCc3cnccc3C(F)(F)F)CC2)nc(-c2ccc(C(F)(F)F)cc2)n1. The van der Waals surface area contributed by atoms with Crippen LogP contribution >= 0.6 is 0 Å². The molecule has 0 radical (unpaired) electrons. The second kappa shape index (κ2) is 11.4. The third kappa shape index (κ3) is 7.12. The molecule has 0 saturated heterocycles. The average molecular weight is 554 g/mol. The zero-order valence-corrected chi connectivity index (χ0v) is 20.7. The third-order valence-corrected chi connectivity index (χ3v) is 6.42. The lowest BCUT2D eigenvalue weighted by atomic mass is 9.85. The zero-order chi connectivity index (χ0) is 28.2. The standard InChI is InChI=1S/C25H25F6N7O/c1-32-22-36-20(14-2-6-17(7-3-14)24(26,27)28)37-23(38-22)35-18-8-4-15(5-9-18)21(39)34-13-16-12-33-11-10-19(16)25(29,30)31/h2-3,6-7,10-12,15,18H,4-5,8-9,13H2,1H3,(H,34,39)(H2,32,35,36,37,38). The molecule has 1 aliphatic rings. The van der Waals surface area contributed by atoms with E-state index in [1.807, 2.05) is 0 Å². The van der Waals surface area contributed by atoms with E-state index in [1.165, 1.54) is 12.1 Å². The highest BCUT2D eigenvalue weighted by Gasteiger charge is 2.34. The fourth-order valence-corrected chi connectivity index (χ4v) is 4.34. The van der Waals surface area contributed by atoms with Gasteiger partial charge in [0.05, 0.1) is 11.1 Å². The van der Waals surface area contributed by atoms with Crippen LogP contribution in [0, 0.1) is 5.92 Å². The van der Waals surface area contributed by atoms with Gasteiger partial charge in [-0.3, -0.25) is 9.78 Å². The molecule has 1 aromatic carbocycles. The number of pyridine rings is 1. The Morgan fingerprint density at radius 1 is 0.897 bits per heavy atom. The largest absolute Gasteiger partial charge is 0.416 e. The molecule has 3 aromatic rings. The van der Waals surface area contributed by atoms with E-state index < -0.39 is 23.5 Å². The highest BCUT2D eigenvalue weighted by atomic mass is 19.4. The van der Waals surface area contributed by atoms with E-state index in [0.29, 0.717) is 31.2 Å². The summed E-state index contributed by atoms with van der Waals surface area (Å²) in [5, 5.41) is 8.59. The molecular weight excluding hydrogens is 528 g/mol. The van der Waals surface area contributed by atoms with Gasteiger partial charge in [0.25, 0.3) is 0 Å². The summed E-state index contributed by atoms with van der Waals surface area (Å²) in [5.41, 5.74) is -1.34. The molecule has 208 valence electrons. The van der Waals surface area contributed by atoms with Gasteiger partial charge in [-0.05, 0) is 43.9 Å². The lowest BCUT2D eigenvalue weighted by Gasteiger charge is -2.28. The molecule has 1 amide bonds. The highest BCUT2D eigenvalue weighted by Crippen LogP contribution is 2.33. The van der Waals surface area contributed by atoms with Gasteiger partial charge in [-0.1, -0.05) is 12.1 Å². The van der Waals surface area contributed by atoms with E-state index in [9.17, 15) is 31.1 Å². The Kier molecular flexibility index (Phi) is 8.21. The summed E-state index contributed by atoms with van der Waals surface area (Å²) in [6.45, 7) is -0.274. The summed E-state index contributed by atoms with van der Waals surface area (Å²) < 4.78 is 78.2. The van der Waals surface area contributed by atoms with Gasteiger partial charge < -0.3 is 16.0 Å². The summed E-state index contributed by atoms with van der Waals surface area (Å²) in [6.07, 6.45) is -4.69. The maximum absolute atomic E-state index is 13.2. The average Bonchev–Trinajstić information content (AvgIpc) is 2.91. The first-order valence-corrected chi connectivity index (χ1v) is 12.1. The number of hydrogen-bond acceptors (Lipinski definition) is 7. The predicted octanol–water partition coefficient (Wildman–Crippen LogP) is 5.30. The highest BCUT2D eigenvalue weighted by molar-refractivity contribution is 5.78. The molecular formula is C25H25F6N7O. The van der Waals surface area contributed by atoms with E-state index in [0.717, 1.165) is 30.6 Å². The molecule has 0 atom stereocenters. The number of carbonyl (C=O) groups is 1. The zero-order valence-electron chi connectivity index (χ0n) is 20.7. The number of rotatable bonds is 7. The Morgan fingerprint density at radius 3 is 2.18 bits per heavy atom. The Hall–Kier alpha value is -3.97. The quantitative estimate of drug-likeness (QED) is 0.341. The van der Waals surface area contributed by atoms with Crippen molar-refractivity contribution in [3.8, 4) is 11.4 Å². The molecule has 0 aliphatic heterocycles. The lowest BCUT2D eigenvalue weighted by Crippen LogP contribution is -2.36. The van der Waals surface area contributed by atoms with Crippen molar-refractivity contribution in [1.29, 1.82) is 0 Å². The molecule has 0 unspecified atom stereocenters. The maximum atomic E-state index is 13.2. The first kappa shape index (κ1) is 28.0. The molecule has 4 rings (SSSR count). The van der Waals surface area contributed by atoms with Crippen LogP contribution in [0.15, 0.2) is 42.7 Å². The Morgan fingerprint density at radius 2 is 1.56 bits per heavy atom. The molecule has 14 heteroatoms. The van der Waals surface area contributed by atoms with Crippen molar-refractivity contribution >= 4 is 17.8 Å². The van der Waals surface area contributed by atoms with Gasteiger partial charge in [-0.2, -0.15) is 41.3 Å². The molecule has 0 bridgehead atoms. The van der Waals surface area contributed by atoms with Gasteiger partial charge in [0.1, 0.15) is 0 Å². The number of nitrogens with one attached hydrogen (secondary N) is 3. The lowest BCUT2D eigenvalue weighted by molar-refractivity contribution is -0.139. The van der Waals surface area contributed by atoms with Gasteiger partial charge in [0, 0.05) is 49.1 Å². The van der Waals surface area contributed by atoms with Crippen molar-refractivity contribution in [1.82, 2.24) is 25.3 Å². The van der Waals surface area contributed by atoms with Crippen LogP contribution in [0.25, 0.3) is 11.4 Å². The fourth-order valence-electron chi connectivity index (χ4n) is 4.34. The molecule has 8 nitrogen and oxygen atoms in total. The second-order valence-electron chi connectivity index (χ2n) is 9.07. The van der Waals surface area contributed by atoms with Gasteiger partial charge >= 0.3 is 12.4 Å². The predicted molar refractivity (Wildman–Crippen MR) is 130 cm³/mol. The van der Waals surface area contributed by atoms with Gasteiger partial charge in [-0.15, -0.1) is 0 Å². The molecule has 2 aromatic heterocycles. The van der Waals surface area contributed by atoms with Gasteiger partial charge in [0.2, 0.25) is 17.8 Å². The molecule has 1 fully saturated rings. The van der Waals surface area contributed by atoms with Crippen molar-refractivity contribution in [3.63, 3.8) is 0 Å². The number of halogens is 6. The maximum Gasteiger partial charge on any atom is 0.416 e. The molecule has 3 N–H and O–H groups in total. The number of aromatic nitrogens is 4. The normalized spacial score (nSPS) is 17.9. The molecule has 39 heavy (non-hydrogen) atoms. The number of anilines is 2. The van der Waals surface area contributed by atoms with Crippen LogP contribution in [0.1, 0.15) is 42.4 Å². The Balaban J connectivity index is 1.35. The number of hydrogen-bond donors (Lipinski definition) is 3. The van der Waals surface area contributed by atoms with E-state index in [1.54, 1.807) is 7.05 Å². The Labute approximate surface area is 219 Å². The van der Waals surface area contributed by atoms with Gasteiger partial charge in [0.15, 0.2) is 5.82 Å². The van der Waals surface area contributed by atoms with Gasteiger partial charge in [-0.25, -0.2) is 0 Å². The molecule has 2 heterocycles. The summed E-state index contributed by atoms with van der Waals surface area (Å²) >= 11 is 0. The first-order chi connectivity index (χ1) is 18.4. The van der Waals surface area contributed by atoms with E-state index in [4.69, 9.17) is 0 Å². The van der Waals surface area contributed by atoms with E-state index in [-0.39, 0.29) is 47.7 Å². The number of nitrogens with zero attached hydrogens (tertiary/aromatic N) is 4. The Bertz CT molecular complexity index is 1290. The van der Waals surface area contributed by atoms with Crippen LogP contribution in [-0.4, -0.2) is 38.9 Å². The number of benzene rings is 1.